The van der Waals surface area contributed by atoms with Gasteiger partial charge in [-0.3, -0.25) is 9.89 Å². The fourth-order valence-corrected chi connectivity index (χ4v) is 2.13. The molecule has 0 spiro atoms. The molecule has 1 aliphatic rings. The van der Waals surface area contributed by atoms with E-state index < -0.39 is 5.95 Å². The lowest BCUT2D eigenvalue weighted by molar-refractivity contribution is -0.115. The molecule has 0 saturated heterocycles. The van der Waals surface area contributed by atoms with Gasteiger partial charge in [-0.05, 0) is 17.7 Å². The number of fused-ring (bicyclic) bond motifs is 1. The number of ether oxygens (including phenoxy) is 1. The van der Waals surface area contributed by atoms with E-state index in [2.05, 4.69) is 20.5 Å². The Morgan fingerprint density at radius 1 is 1.55 bits per heavy atom. The van der Waals surface area contributed by atoms with Gasteiger partial charge >= 0.3 is 0 Å². The standard InChI is InChI=1S/C13H13FN4O2/c14-11-5-8(1-3-15-11)6-12(19)16-13-9-7-20-4-2-10(9)17-18-13/h1,3,5H,2,4,6-7H2,(H2,16,17,18,19). The number of carbonyl (C=O) groups is 1. The molecule has 6 nitrogen and oxygen atoms in total. The molecule has 3 rings (SSSR count). The third kappa shape index (κ3) is 2.67. The fourth-order valence-electron chi connectivity index (χ4n) is 2.13. The predicted molar refractivity (Wildman–Crippen MR) is 68.5 cm³/mol. The van der Waals surface area contributed by atoms with E-state index >= 15 is 0 Å². The number of halogens is 1. The Bertz CT molecular complexity index is 641. The van der Waals surface area contributed by atoms with Crippen LogP contribution >= 0.6 is 0 Å². The molecule has 2 aromatic heterocycles. The van der Waals surface area contributed by atoms with Crippen molar-refractivity contribution in [3.05, 3.63) is 41.1 Å². The number of nitrogens with zero attached hydrogens (tertiary/aromatic N) is 2. The van der Waals surface area contributed by atoms with Crippen molar-refractivity contribution in [3.8, 4) is 0 Å². The number of carbonyl (C=O) groups excluding carboxylic acids is 1. The van der Waals surface area contributed by atoms with Crippen molar-refractivity contribution >= 4 is 11.7 Å². The third-order valence-corrected chi connectivity index (χ3v) is 3.11. The summed E-state index contributed by atoms with van der Waals surface area (Å²) in [4.78, 5) is 15.4. The van der Waals surface area contributed by atoms with Crippen LogP contribution in [-0.4, -0.2) is 27.7 Å². The van der Waals surface area contributed by atoms with Crippen molar-refractivity contribution in [1.82, 2.24) is 15.2 Å². The first-order valence-corrected chi connectivity index (χ1v) is 6.26. The van der Waals surface area contributed by atoms with Crippen molar-refractivity contribution in [2.24, 2.45) is 0 Å². The summed E-state index contributed by atoms with van der Waals surface area (Å²) in [5.41, 5.74) is 2.43. The maximum atomic E-state index is 12.9. The zero-order valence-corrected chi connectivity index (χ0v) is 10.6. The first kappa shape index (κ1) is 12.7. The first-order valence-electron chi connectivity index (χ1n) is 6.26. The molecule has 2 N–H and O–H groups in total. The number of rotatable bonds is 3. The van der Waals surface area contributed by atoms with Crippen molar-refractivity contribution < 1.29 is 13.9 Å². The normalized spacial score (nSPS) is 13.8. The number of H-pyrrole nitrogens is 1. The Balaban J connectivity index is 1.69. The zero-order valence-electron chi connectivity index (χ0n) is 10.6. The van der Waals surface area contributed by atoms with Crippen LogP contribution in [0.3, 0.4) is 0 Å². The molecule has 0 bridgehead atoms. The number of hydrogen-bond acceptors (Lipinski definition) is 4. The Kier molecular flexibility index (Phi) is 3.42. The summed E-state index contributed by atoms with van der Waals surface area (Å²) in [6, 6.07) is 2.84. The van der Waals surface area contributed by atoms with Gasteiger partial charge in [0.1, 0.15) is 0 Å². The summed E-state index contributed by atoms with van der Waals surface area (Å²) in [5, 5.41) is 9.68. The van der Waals surface area contributed by atoms with Gasteiger partial charge in [-0.15, -0.1) is 0 Å². The van der Waals surface area contributed by atoms with Crippen LogP contribution in [-0.2, 0) is 29.0 Å². The molecule has 104 valence electrons. The number of nitrogens with one attached hydrogen (secondary N) is 2. The van der Waals surface area contributed by atoms with Crippen LogP contribution < -0.4 is 5.32 Å². The van der Waals surface area contributed by atoms with Crippen molar-refractivity contribution in [2.75, 3.05) is 11.9 Å². The highest BCUT2D eigenvalue weighted by molar-refractivity contribution is 5.92. The lowest BCUT2D eigenvalue weighted by Crippen LogP contribution is -2.17. The lowest BCUT2D eigenvalue weighted by atomic mass is 10.1. The minimum absolute atomic E-state index is 0.0714. The van der Waals surface area contributed by atoms with Gasteiger partial charge in [0.15, 0.2) is 5.82 Å². The third-order valence-electron chi connectivity index (χ3n) is 3.11. The highest BCUT2D eigenvalue weighted by atomic mass is 19.1. The van der Waals surface area contributed by atoms with Gasteiger partial charge in [-0.1, -0.05) is 0 Å². The van der Waals surface area contributed by atoms with Crippen LogP contribution in [0.25, 0.3) is 0 Å². The maximum Gasteiger partial charge on any atom is 0.230 e. The molecular formula is C13H13FN4O2. The van der Waals surface area contributed by atoms with E-state index in [1.54, 1.807) is 6.07 Å². The van der Waals surface area contributed by atoms with E-state index in [9.17, 15) is 9.18 Å². The van der Waals surface area contributed by atoms with Gasteiger partial charge in [0.05, 0.1) is 19.6 Å². The second kappa shape index (κ2) is 5.38. The summed E-state index contributed by atoms with van der Waals surface area (Å²) in [6.07, 6.45) is 2.16. The van der Waals surface area contributed by atoms with Crippen LogP contribution in [0.2, 0.25) is 0 Å². The van der Waals surface area contributed by atoms with Gasteiger partial charge in [0.25, 0.3) is 0 Å². The fraction of sp³-hybridized carbons (Fsp3) is 0.308. The van der Waals surface area contributed by atoms with Crippen LogP contribution in [0.15, 0.2) is 18.3 Å². The second-order valence-corrected chi connectivity index (χ2v) is 4.54. The quantitative estimate of drug-likeness (QED) is 0.825. The molecule has 0 fully saturated rings. The number of amides is 1. The summed E-state index contributed by atoms with van der Waals surface area (Å²) < 4.78 is 18.3. The van der Waals surface area contributed by atoms with Gasteiger partial charge < -0.3 is 10.1 Å². The highest BCUT2D eigenvalue weighted by Gasteiger charge is 2.18. The minimum atomic E-state index is -0.596. The Hall–Kier alpha value is -2.28. The topological polar surface area (TPSA) is 79.9 Å². The molecule has 0 atom stereocenters. The van der Waals surface area contributed by atoms with E-state index in [0.717, 1.165) is 17.7 Å². The largest absolute Gasteiger partial charge is 0.376 e. The summed E-state index contributed by atoms with van der Waals surface area (Å²) in [6.45, 7) is 1.09. The molecule has 0 saturated carbocycles. The molecular weight excluding hydrogens is 263 g/mol. The molecule has 1 aliphatic heterocycles. The minimum Gasteiger partial charge on any atom is -0.376 e. The van der Waals surface area contributed by atoms with Crippen molar-refractivity contribution in [2.45, 2.75) is 19.4 Å². The monoisotopic (exact) mass is 276 g/mol. The molecule has 0 unspecified atom stereocenters. The zero-order chi connectivity index (χ0) is 13.9. The Labute approximate surface area is 114 Å². The van der Waals surface area contributed by atoms with Crippen LogP contribution in [0.4, 0.5) is 10.2 Å². The van der Waals surface area contributed by atoms with E-state index in [1.165, 1.54) is 12.3 Å². The van der Waals surface area contributed by atoms with E-state index in [1.807, 2.05) is 0 Å². The Morgan fingerprint density at radius 2 is 2.45 bits per heavy atom. The van der Waals surface area contributed by atoms with Gasteiger partial charge in [-0.25, -0.2) is 4.98 Å². The predicted octanol–water partition coefficient (Wildman–Crippen LogP) is 1.20. The molecule has 1 amide bonds. The highest BCUT2D eigenvalue weighted by Crippen LogP contribution is 2.22. The first-order chi connectivity index (χ1) is 9.72. The summed E-state index contributed by atoms with van der Waals surface area (Å²) in [7, 11) is 0. The summed E-state index contributed by atoms with van der Waals surface area (Å²) in [5.74, 6) is -0.365. The maximum absolute atomic E-state index is 12.9. The smallest absolute Gasteiger partial charge is 0.230 e. The molecule has 20 heavy (non-hydrogen) atoms. The average molecular weight is 276 g/mol. The van der Waals surface area contributed by atoms with Crippen molar-refractivity contribution in [1.29, 1.82) is 0 Å². The number of aromatic nitrogens is 3. The van der Waals surface area contributed by atoms with Crippen LogP contribution in [0.5, 0.6) is 0 Å². The van der Waals surface area contributed by atoms with Gasteiger partial charge in [-0.2, -0.15) is 9.49 Å². The van der Waals surface area contributed by atoms with Crippen LogP contribution in [0, 0.1) is 5.95 Å². The molecule has 2 aromatic rings. The molecule has 0 aliphatic carbocycles. The number of hydrogen-bond donors (Lipinski definition) is 2. The van der Waals surface area contributed by atoms with Crippen LogP contribution in [0.1, 0.15) is 16.8 Å². The number of aromatic amines is 1. The second-order valence-electron chi connectivity index (χ2n) is 4.54. The average Bonchev–Trinajstić information content (AvgIpc) is 2.82. The molecule has 0 aromatic carbocycles. The van der Waals surface area contributed by atoms with Gasteiger partial charge in [0, 0.05) is 23.9 Å². The van der Waals surface area contributed by atoms with E-state index in [0.29, 0.717) is 24.6 Å². The van der Waals surface area contributed by atoms with E-state index in [4.69, 9.17) is 4.74 Å². The van der Waals surface area contributed by atoms with Crippen molar-refractivity contribution in [3.63, 3.8) is 0 Å². The Morgan fingerprint density at radius 3 is 3.30 bits per heavy atom. The molecule has 7 heteroatoms. The molecule has 3 heterocycles. The SMILES string of the molecule is O=C(Cc1ccnc(F)c1)Nc1n[nH]c2c1COCC2. The lowest BCUT2D eigenvalue weighted by Gasteiger charge is -2.12. The molecule has 0 radical (unpaired) electrons. The number of pyridine rings is 1. The van der Waals surface area contributed by atoms with E-state index in [-0.39, 0.29) is 12.3 Å². The number of anilines is 1. The summed E-state index contributed by atoms with van der Waals surface area (Å²) >= 11 is 0. The van der Waals surface area contributed by atoms with Gasteiger partial charge in [0.2, 0.25) is 11.9 Å².